The highest BCUT2D eigenvalue weighted by Gasteiger charge is 2.50. The van der Waals surface area contributed by atoms with Gasteiger partial charge in [0.25, 0.3) is 10.0 Å². The predicted molar refractivity (Wildman–Crippen MR) is 119 cm³/mol. The molecule has 0 spiro atoms. The number of carbonyl (C=O) groups excluding carboxylic acids is 2. The van der Waals surface area contributed by atoms with Gasteiger partial charge in [0.15, 0.2) is 9.96 Å². The van der Waals surface area contributed by atoms with E-state index in [0.717, 1.165) is 16.9 Å². The summed E-state index contributed by atoms with van der Waals surface area (Å²) in [5, 5.41) is 1.43. The van der Waals surface area contributed by atoms with Crippen LogP contribution in [0.4, 0.5) is 4.79 Å². The van der Waals surface area contributed by atoms with Crippen LogP contribution in [0.3, 0.4) is 0 Å². The van der Waals surface area contributed by atoms with Crippen molar-refractivity contribution in [2.75, 3.05) is 27.3 Å². The summed E-state index contributed by atoms with van der Waals surface area (Å²) < 4.78 is 43.7. The van der Waals surface area contributed by atoms with E-state index in [-0.39, 0.29) is 52.9 Å². The second-order valence-corrected chi connectivity index (χ2v) is 11.3. The Morgan fingerprint density at radius 2 is 1.91 bits per heavy atom. The summed E-state index contributed by atoms with van der Waals surface area (Å²) in [5.74, 6) is -0.648. The number of nitrogens with zero attached hydrogens (tertiary/aromatic N) is 2. The van der Waals surface area contributed by atoms with E-state index >= 15 is 0 Å². The zero-order valence-electron chi connectivity index (χ0n) is 18.2. The molecule has 3 heterocycles. The van der Waals surface area contributed by atoms with Gasteiger partial charge in [0.05, 0.1) is 20.3 Å². The fourth-order valence-corrected chi connectivity index (χ4v) is 8.11. The van der Waals surface area contributed by atoms with Gasteiger partial charge < -0.3 is 14.2 Å². The van der Waals surface area contributed by atoms with Gasteiger partial charge in [0, 0.05) is 30.9 Å². The minimum absolute atomic E-state index is 0.00231. The quantitative estimate of drug-likeness (QED) is 0.592. The molecule has 1 aromatic heterocycles. The lowest BCUT2D eigenvalue weighted by molar-refractivity contribution is 0.0597. The Morgan fingerprint density at radius 1 is 1.18 bits per heavy atom. The lowest BCUT2D eigenvalue weighted by Crippen LogP contribution is -2.47. The minimum atomic E-state index is -3.87. The standard InChI is InChI=1S/C22H24N2O7S2/c1-29-19-16(20(25)30-2)12-32-21(19)33(27,28)23-9-7-14(8-10-23)24-18-15-6-4-3-5-13(15)11-17(18)31-22(24)26/h3-6,12,14,17-18H,7-11H2,1-2H3/t17-,18+/m0/s1. The molecule has 0 N–H and O–H groups in total. The normalized spacial score (nSPS) is 23.2. The van der Waals surface area contributed by atoms with Gasteiger partial charge >= 0.3 is 12.1 Å². The molecule has 0 radical (unpaired) electrons. The molecule has 3 aliphatic rings. The summed E-state index contributed by atoms with van der Waals surface area (Å²) in [6.07, 6.45) is 1.18. The first-order chi connectivity index (χ1) is 15.9. The van der Waals surface area contributed by atoms with Gasteiger partial charge in [0.1, 0.15) is 11.7 Å². The zero-order valence-corrected chi connectivity index (χ0v) is 19.9. The van der Waals surface area contributed by atoms with Gasteiger partial charge in [-0.25, -0.2) is 18.0 Å². The van der Waals surface area contributed by atoms with E-state index in [2.05, 4.69) is 6.07 Å². The van der Waals surface area contributed by atoms with E-state index in [1.165, 1.54) is 29.5 Å². The number of hydrogen-bond donors (Lipinski definition) is 0. The number of esters is 1. The van der Waals surface area contributed by atoms with E-state index in [4.69, 9.17) is 14.2 Å². The fraction of sp³-hybridized carbons (Fsp3) is 0.455. The van der Waals surface area contributed by atoms with Crippen LogP contribution in [0.15, 0.2) is 33.9 Å². The molecular formula is C22H24N2O7S2. The molecule has 5 rings (SSSR count). The van der Waals surface area contributed by atoms with Crippen molar-refractivity contribution in [2.45, 2.75) is 41.7 Å². The van der Waals surface area contributed by atoms with E-state index in [1.807, 2.05) is 23.1 Å². The van der Waals surface area contributed by atoms with Crippen LogP contribution in [0.5, 0.6) is 5.75 Å². The first kappa shape index (κ1) is 22.2. The Balaban J connectivity index is 1.34. The number of amides is 1. The molecule has 2 aliphatic heterocycles. The maximum atomic E-state index is 13.3. The average Bonchev–Trinajstić information content (AvgIpc) is 3.49. The lowest BCUT2D eigenvalue weighted by atomic mass is 10.00. The average molecular weight is 493 g/mol. The third-order valence-corrected chi connectivity index (χ3v) is 10.00. The van der Waals surface area contributed by atoms with Crippen molar-refractivity contribution in [3.05, 3.63) is 46.3 Å². The highest BCUT2D eigenvalue weighted by atomic mass is 32.2. The SMILES string of the molecule is COC(=O)c1csc(S(=O)(=O)N2CCC(N3C(=O)O[C@H]4Cc5ccccc5[C@H]43)CC2)c1OC. The largest absolute Gasteiger partial charge is 0.494 e. The number of methoxy groups -OCH3 is 2. The highest BCUT2D eigenvalue weighted by molar-refractivity contribution is 7.91. The summed E-state index contributed by atoms with van der Waals surface area (Å²) in [5.41, 5.74) is 2.39. The molecule has 1 amide bonds. The van der Waals surface area contributed by atoms with Crippen molar-refractivity contribution >= 4 is 33.4 Å². The molecule has 2 atom stereocenters. The summed E-state index contributed by atoms with van der Waals surface area (Å²) in [4.78, 5) is 26.5. The van der Waals surface area contributed by atoms with E-state index in [9.17, 15) is 18.0 Å². The third-order valence-electron chi connectivity index (χ3n) is 6.62. The van der Waals surface area contributed by atoms with Crippen molar-refractivity contribution in [1.29, 1.82) is 0 Å². The van der Waals surface area contributed by atoms with E-state index in [1.54, 1.807) is 0 Å². The van der Waals surface area contributed by atoms with Crippen LogP contribution in [0, 0.1) is 0 Å². The molecule has 9 nitrogen and oxygen atoms in total. The number of piperidine rings is 1. The maximum absolute atomic E-state index is 13.3. The van der Waals surface area contributed by atoms with Crippen molar-refractivity contribution in [3.8, 4) is 5.75 Å². The second kappa shape index (κ2) is 8.30. The molecule has 1 aromatic carbocycles. The molecule has 2 aromatic rings. The molecule has 1 aliphatic carbocycles. The topological polar surface area (TPSA) is 102 Å². The monoisotopic (exact) mass is 492 g/mol. The molecular weight excluding hydrogens is 468 g/mol. The fourth-order valence-electron chi connectivity index (χ4n) is 5.08. The summed E-state index contributed by atoms with van der Waals surface area (Å²) in [6.45, 7) is 0.509. The van der Waals surface area contributed by atoms with Crippen LogP contribution in [0.1, 0.15) is 40.4 Å². The summed E-state index contributed by atoms with van der Waals surface area (Å²) >= 11 is 0.936. The number of benzene rings is 1. The van der Waals surface area contributed by atoms with Crippen LogP contribution >= 0.6 is 11.3 Å². The van der Waals surface area contributed by atoms with Crippen molar-refractivity contribution in [2.24, 2.45) is 0 Å². The Kier molecular flexibility index (Phi) is 5.58. The zero-order chi connectivity index (χ0) is 23.3. The molecule has 2 fully saturated rings. The van der Waals surface area contributed by atoms with Crippen LogP contribution in [0.2, 0.25) is 0 Å². The van der Waals surface area contributed by atoms with Gasteiger partial charge in [0.2, 0.25) is 0 Å². The predicted octanol–water partition coefficient (Wildman–Crippen LogP) is 2.81. The van der Waals surface area contributed by atoms with Gasteiger partial charge in [-0.3, -0.25) is 4.90 Å². The first-order valence-corrected chi connectivity index (χ1v) is 13.0. The molecule has 11 heteroatoms. The number of hydrogen-bond acceptors (Lipinski definition) is 8. The number of rotatable bonds is 5. The second-order valence-electron chi connectivity index (χ2n) is 8.27. The molecule has 0 unspecified atom stereocenters. The Bertz CT molecular complexity index is 1200. The van der Waals surface area contributed by atoms with E-state index < -0.39 is 16.0 Å². The van der Waals surface area contributed by atoms with Crippen molar-refractivity contribution in [1.82, 2.24) is 9.21 Å². The van der Waals surface area contributed by atoms with E-state index in [0.29, 0.717) is 19.3 Å². The molecule has 2 saturated heterocycles. The molecule has 0 bridgehead atoms. The van der Waals surface area contributed by atoms with Crippen molar-refractivity contribution < 1.29 is 32.2 Å². The van der Waals surface area contributed by atoms with Crippen molar-refractivity contribution in [3.63, 3.8) is 0 Å². The number of thiophene rings is 1. The lowest BCUT2D eigenvalue weighted by Gasteiger charge is -2.37. The van der Waals surface area contributed by atoms with Crippen LogP contribution in [-0.2, 0) is 25.9 Å². The number of sulfonamides is 1. The first-order valence-electron chi connectivity index (χ1n) is 10.7. The minimum Gasteiger partial charge on any atom is -0.494 e. The highest BCUT2D eigenvalue weighted by Crippen LogP contribution is 2.45. The van der Waals surface area contributed by atoms with Crippen LogP contribution < -0.4 is 4.74 Å². The summed E-state index contributed by atoms with van der Waals surface area (Å²) in [6, 6.07) is 7.82. The van der Waals surface area contributed by atoms with Gasteiger partial charge in [-0.15, -0.1) is 11.3 Å². The number of carbonyl (C=O) groups is 2. The Labute approximate surface area is 195 Å². The van der Waals surface area contributed by atoms with Gasteiger partial charge in [-0.2, -0.15) is 4.31 Å². The maximum Gasteiger partial charge on any atom is 0.411 e. The molecule has 33 heavy (non-hydrogen) atoms. The number of ether oxygens (including phenoxy) is 3. The summed E-state index contributed by atoms with van der Waals surface area (Å²) in [7, 11) is -1.31. The van der Waals surface area contributed by atoms with Gasteiger partial charge in [-0.1, -0.05) is 24.3 Å². The van der Waals surface area contributed by atoms with Gasteiger partial charge in [-0.05, 0) is 24.0 Å². The van der Waals surface area contributed by atoms with Crippen LogP contribution in [-0.4, -0.2) is 69.1 Å². The number of fused-ring (bicyclic) bond motifs is 3. The molecule has 176 valence electrons. The third kappa shape index (κ3) is 3.49. The Morgan fingerprint density at radius 3 is 2.61 bits per heavy atom. The van der Waals surface area contributed by atoms with Crippen LogP contribution in [0.25, 0.3) is 0 Å². The molecule has 0 saturated carbocycles. The smallest absolute Gasteiger partial charge is 0.411 e. The Hall–Kier alpha value is -2.63.